The minimum Gasteiger partial charge on any atom is -0.394 e. The van der Waals surface area contributed by atoms with Gasteiger partial charge in [0.1, 0.15) is 11.6 Å². The van der Waals surface area contributed by atoms with Gasteiger partial charge in [0.05, 0.1) is 18.8 Å². The van der Waals surface area contributed by atoms with Gasteiger partial charge >= 0.3 is 0 Å². The number of nitrogens with one attached hydrogen (secondary N) is 2. The van der Waals surface area contributed by atoms with Crippen LogP contribution in [0.25, 0.3) is 5.65 Å². The number of aryl methyl sites for hydroxylation is 1. The molecule has 0 aliphatic carbocycles. The molecule has 3 aromatic heterocycles. The van der Waals surface area contributed by atoms with E-state index in [1.165, 1.54) is 12.0 Å². The highest BCUT2D eigenvalue weighted by molar-refractivity contribution is 5.61. The zero-order valence-electron chi connectivity index (χ0n) is 21.4. The molecule has 0 radical (unpaired) electrons. The highest BCUT2D eigenvalue weighted by atomic mass is 16.3. The second-order valence-electron chi connectivity index (χ2n) is 9.65. The molecule has 7 nitrogen and oxygen atoms in total. The number of anilines is 2. The lowest BCUT2D eigenvalue weighted by Gasteiger charge is -2.18. The van der Waals surface area contributed by atoms with E-state index in [0.717, 1.165) is 60.6 Å². The number of aliphatic hydroxyl groups excluding tert-OH is 1. The van der Waals surface area contributed by atoms with Crippen LogP contribution in [0.5, 0.6) is 0 Å². The van der Waals surface area contributed by atoms with Gasteiger partial charge < -0.3 is 15.7 Å². The molecule has 1 aromatic carbocycles. The Morgan fingerprint density at radius 2 is 1.78 bits per heavy atom. The van der Waals surface area contributed by atoms with E-state index in [4.69, 9.17) is 4.98 Å². The smallest absolute Gasteiger partial charge is 0.163 e. The van der Waals surface area contributed by atoms with Crippen molar-refractivity contribution >= 4 is 17.3 Å². The molecular formula is C29H38N6O. The Morgan fingerprint density at radius 3 is 2.53 bits per heavy atom. The minimum atomic E-state index is -0.0388. The van der Waals surface area contributed by atoms with E-state index in [0.29, 0.717) is 12.5 Å². The van der Waals surface area contributed by atoms with Crippen molar-refractivity contribution in [2.24, 2.45) is 0 Å². The fourth-order valence-electron chi connectivity index (χ4n) is 4.39. The molecule has 36 heavy (non-hydrogen) atoms. The predicted molar refractivity (Wildman–Crippen MR) is 146 cm³/mol. The van der Waals surface area contributed by atoms with Crippen molar-refractivity contribution < 1.29 is 5.11 Å². The summed E-state index contributed by atoms with van der Waals surface area (Å²) < 4.78 is 1.87. The number of pyridine rings is 1. The minimum absolute atomic E-state index is 0.0388. The molecule has 4 rings (SSSR count). The second-order valence-corrected chi connectivity index (χ2v) is 9.65. The first-order valence-corrected chi connectivity index (χ1v) is 13.1. The Bertz CT molecular complexity index is 1190. The van der Waals surface area contributed by atoms with E-state index in [9.17, 15) is 5.11 Å². The van der Waals surface area contributed by atoms with Gasteiger partial charge in [0, 0.05) is 30.1 Å². The number of nitrogens with zero attached hydrogens (tertiary/aromatic N) is 4. The summed E-state index contributed by atoms with van der Waals surface area (Å²) in [5, 5.41) is 21.6. The molecule has 1 atom stereocenters. The topological polar surface area (TPSA) is 87.4 Å². The quantitative estimate of drug-likeness (QED) is 0.195. The molecule has 0 amide bonds. The van der Waals surface area contributed by atoms with Crippen LogP contribution in [-0.4, -0.2) is 37.3 Å². The summed E-state index contributed by atoms with van der Waals surface area (Å²) in [5.41, 5.74) is 4.31. The normalized spacial score (nSPS) is 12.2. The van der Waals surface area contributed by atoms with Crippen LogP contribution < -0.4 is 10.6 Å². The average molecular weight is 487 g/mol. The number of aliphatic hydroxyl groups is 1. The molecule has 0 bridgehead atoms. The van der Waals surface area contributed by atoms with Crippen LogP contribution in [0.15, 0.2) is 67.0 Å². The first-order valence-electron chi connectivity index (χ1n) is 13.1. The van der Waals surface area contributed by atoms with Crippen molar-refractivity contribution in [2.75, 3.05) is 17.2 Å². The van der Waals surface area contributed by atoms with Gasteiger partial charge in [0.15, 0.2) is 5.65 Å². The van der Waals surface area contributed by atoms with E-state index in [2.05, 4.69) is 52.8 Å². The van der Waals surface area contributed by atoms with Crippen molar-refractivity contribution in [1.29, 1.82) is 0 Å². The SMILES string of the molecule is CC(C)c1cnn2c(NCc3ccccc3)cc(N[C@@H](CO)CCCCCCc3ccccn3)nc12. The molecule has 3 N–H and O–H groups in total. The summed E-state index contributed by atoms with van der Waals surface area (Å²) in [5.74, 6) is 1.95. The standard InChI is InChI=1S/C29H38N6O/c1-22(2)26-20-32-35-28(31-19-23-12-6-5-7-13-23)18-27(34-29(26)35)33-25(21-36)16-9-4-3-8-14-24-15-10-11-17-30-24/h5-7,10-13,15,17-18,20,22,25,31,36H,3-4,8-9,14,16,19,21H2,1-2H3,(H,33,34)/t25-/m1/s1. The van der Waals surface area contributed by atoms with Crippen molar-refractivity contribution in [3.05, 3.63) is 83.8 Å². The zero-order chi connectivity index (χ0) is 25.2. The maximum Gasteiger partial charge on any atom is 0.163 e. The van der Waals surface area contributed by atoms with Crippen molar-refractivity contribution in [3.63, 3.8) is 0 Å². The average Bonchev–Trinajstić information content (AvgIpc) is 3.34. The van der Waals surface area contributed by atoms with E-state index < -0.39 is 0 Å². The number of rotatable bonds is 14. The molecule has 0 saturated carbocycles. The van der Waals surface area contributed by atoms with Crippen LogP contribution in [0, 0.1) is 0 Å². The Hall–Kier alpha value is -3.45. The fourth-order valence-corrected chi connectivity index (χ4v) is 4.39. The third-order valence-electron chi connectivity index (χ3n) is 6.47. The van der Waals surface area contributed by atoms with Crippen molar-refractivity contribution in [2.45, 2.75) is 70.9 Å². The molecule has 0 unspecified atom stereocenters. The van der Waals surface area contributed by atoms with Crippen LogP contribution in [0.3, 0.4) is 0 Å². The number of hydrogen-bond acceptors (Lipinski definition) is 6. The highest BCUT2D eigenvalue weighted by Gasteiger charge is 2.16. The molecule has 4 aromatic rings. The molecule has 0 aliphatic rings. The van der Waals surface area contributed by atoms with Gasteiger partial charge in [-0.15, -0.1) is 0 Å². The van der Waals surface area contributed by atoms with E-state index in [1.807, 2.05) is 53.3 Å². The van der Waals surface area contributed by atoms with E-state index >= 15 is 0 Å². The third-order valence-corrected chi connectivity index (χ3v) is 6.47. The lowest BCUT2D eigenvalue weighted by atomic mass is 10.1. The van der Waals surface area contributed by atoms with Gasteiger partial charge in [0.25, 0.3) is 0 Å². The zero-order valence-corrected chi connectivity index (χ0v) is 21.4. The maximum absolute atomic E-state index is 10.0. The third kappa shape index (κ3) is 7.04. The number of fused-ring (bicyclic) bond motifs is 1. The van der Waals surface area contributed by atoms with Crippen LogP contribution >= 0.6 is 0 Å². The predicted octanol–water partition coefficient (Wildman–Crippen LogP) is 5.83. The molecule has 7 heteroatoms. The summed E-state index contributed by atoms with van der Waals surface area (Å²) in [7, 11) is 0. The largest absolute Gasteiger partial charge is 0.394 e. The first-order chi connectivity index (χ1) is 17.6. The molecule has 0 spiro atoms. The Balaban J connectivity index is 1.37. The van der Waals surface area contributed by atoms with Gasteiger partial charge in [-0.3, -0.25) is 4.98 Å². The highest BCUT2D eigenvalue weighted by Crippen LogP contribution is 2.25. The first kappa shape index (κ1) is 25.6. The molecule has 0 saturated heterocycles. The van der Waals surface area contributed by atoms with Crippen LogP contribution in [0.1, 0.15) is 68.7 Å². The molecular weight excluding hydrogens is 448 g/mol. The molecule has 0 aliphatic heterocycles. The number of hydrogen-bond donors (Lipinski definition) is 3. The Labute approximate surface area is 214 Å². The maximum atomic E-state index is 10.0. The Morgan fingerprint density at radius 1 is 0.972 bits per heavy atom. The van der Waals surface area contributed by atoms with Gasteiger partial charge in [-0.25, -0.2) is 4.98 Å². The summed E-state index contributed by atoms with van der Waals surface area (Å²) >= 11 is 0. The van der Waals surface area contributed by atoms with Crippen LogP contribution in [0.2, 0.25) is 0 Å². The fraction of sp³-hybridized carbons (Fsp3) is 0.414. The van der Waals surface area contributed by atoms with Crippen molar-refractivity contribution in [1.82, 2.24) is 19.6 Å². The van der Waals surface area contributed by atoms with Crippen LogP contribution in [0.4, 0.5) is 11.6 Å². The molecule has 3 heterocycles. The molecule has 0 fully saturated rings. The number of aromatic nitrogens is 4. The van der Waals surface area contributed by atoms with Gasteiger partial charge in [-0.1, -0.05) is 69.5 Å². The second kappa shape index (κ2) is 13.0. The summed E-state index contributed by atoms with van der Waals surface area (Å²) in [6.45, 7) is 5.07. The van der Waals surface area contributed by atoms with Crippen LogP contribution in [-0.2, 0) is 13.0 Å². The van der Waals surface area contributed by atoms with Gasteiger partial charge in [-0.05, 0) is 42.9 Å². The van der Waals surface area contributed by atoms with Gasteiger partial charge in [0.2, 0.25) is 0 Å². The summed E-state index contributed by atoms with van der Waals surface area (Å²) in [6.07, 6.45) is 10.2. The van der Waals surface area contributed by atoms with Crippen molar-refractivity contribution in [3.8, 4) is 0 Å². The summed E-state index contributed by atoms with van der Waals surface area (Å²) in [4.78, 5) is 9.28. The Kier molecular flexibility index (Phi) is 9.27. The van der Waals surface area contributed by atoms with Gasteiger partial charge in [-0.2, -0.15) is 9.61 Å². The lowest BCUT2D eigenvalue weighted by Crippen LogP contribution is -2.24. The summed E-state index contributed by atoms with van der Waals surface area (Å²) in [6, 6.07) is 18.3. The van der Waals surface area contributed by atoms with E-state index in [1.54, 1.807) is 0 Å². The lowest BCUT2D eigenvalue weighted by molar-refractivity contribution is 0.266. The molecule has 190 valence electrons. The monoisotopic (exact) mass is 486 g/mol. The van der Waals surface area contributed by atoms with E-state index in [-0.39, 0.29) is 12.6 Å². The number of benzene rings is 1. The number of unbranched alkanes of at least 4 members (excludes halogenated alkanes) is 3.